The average Bonchev–Trinajstić information content (AvgIpc) is 2.75. The summed E-state index contributed by atoms with van der Waals surface area (Å²) in [6.45, 7) is 0. The number of benzene rings is 4. The first-order chi connectivity index (χ1) is 15.9. The topological polar surface area (TPSA) is 191 Å². The van der Waals surface area contributed by atoms with Gasteiger partial charge in [0.25, 0.3) is 20.2 Å². The molecule has 0 unspecified atom stereocenters. The summed E-state index contributed by atoms with van der Waals surface area (Å²) < 4.78 is 66.1. The smallest absolute Gasteiger partial charge is 0.339 e. The predicted molar refractivity (Wildman–Crippen MR) is 120 cm³/mol. The molecule has 0 atom stereocenters. The van der Waals surface area contributed by atoms with E-state index in [1.54, 1.807) is 24.3 Å². The Morgan fingerprint density at radius 3 is 2.09 bits per heavy atom. The molecule has 0 aliphatic carbocycles. The maximum atomic E-state index is 12.1. The van der Waals surface area contributed by atoms with Gasteiger partial charge in [-0.1, -0.05) is 36.4 Å². The van der Waals surface area contributed by atoms with Crippen molar-refractivity contribution in [2.75, 3.05) is 0 Å². The first-order valence-corrected chi connectivity index (χ1v) is 12.2. The minimum atomic E-state index is -4.91. The summed E-state index contributed by atoms with van der Waals surface area (Å²) in [5, 5.41) is 28.3. The molecule has 4 aromatic rings. The summed E-state index contributed by atoms with van der Waals surface area (Å²) in [6.07, 6.45) is 0. The van der Waals surface area contributed by atoms with E-state index < -0.39 is 47.3 Å². The molecule has 4 aromatic carbocycles. The van der Waals surface area contributed by atoms with Crippen LogP contribution >= 0.6 is 0 Å². The van der Waals surface area contributed by atoms with Crippen LogP contribution in [-0.2, 0) is 20.2 Å². The first-order valence-electron chi connectivity index (χ1n) is 9.29. The second-order valence-corrected chi connectivity index (χ2v) is 9.87. The molecule has 0 aliphatic rings. The van der Waals surface area contributed by atoms with Crippen LogP contribution in [0.4, 0.5) is 11.4 Å². The van der Waals surface area contributed by atoms with Crippen molar-refractivity contribution < 1.29 is 40.9 Å². The molecule has 13 heteroatoms. The normalized spacial score (nSPS) is 12.5. The third-order valence-corrected chi connectivity index (χ3v) is 6.75. The van der Waals surface area contributed by atoms with E-state index in [4.69, 9.17) is 0 Å². The van der Waals surface area contributed by atoms with Crippen molar-refractivity contribution in [2.24, 2.45) is 10.2 Å². The average molecular weight is 502 g/mol. The van der Waals surface area contributed by atoms with Crippen LogP contribution in [0.25, 0.3) is 21.5 Å². The molecule has 174 valence electrons. The number of fused-ring (bicyclic) bond motifs is 2. The van der Waals surface area contributed by atoms with Crippen LogP contribution in [0.1, 0.15) is 10.4 Å². The van der Waals surface area contributed by atoms with Gasteiger partial charge in [0.15, 0.2) is 5.75 Å². The molecule has 4 N–H and O–H groups in total. The van der Waals surface area contributed by atoms with E-state index in [1.165, 1.54) is 12.1 Å². The van der Waals surface area contributed by atoms with Gasteiger partial charge in [-0.15, -0.1) is 10.2 Å². The van der Waals surface area contributed by atoms with Crippen molar-refractivity contribution in [2.45, 2.75) is 9.79 Å². The molecule has 0 saturated carbocycles. The summed E-state index contributed by atoms with van der Waals surface area (Å²) >= 11 is 0. The molecular weight excluding hydrogens is 488 g/mol. The van der Waals surface area contributed by atoms with Crippen molar-refractivity contribution in [1.29, 1.82) is 0 Å². The third kappa shape index (κ3) is 4.20. The maximum absolute atomic E-state index is 12.1. The molecule has 0 aliphatic heterocycles. The molecule has 11 nitrogen and oxygen atoms in total. The van der Waals surface area contributed by atoms with E-state index in [2.05, 4.69) is 10.2 Å². The number of aromatic carboxylic acids is 1. The van der Waals surface area contributed by atoms with Crippen LogP contribution < -0.4 is 0 Å². The van der Waals surface area contributed by atoms with Gasteiger partial charge in [0.2, 0.25) is 0 Å². The number of hydrogen-bond donors (Lipinski definition) is 4. The lowest BCUT2D eigenvalue weighted by atomic mass is 10.0. The third-order valence-electron chi connectivity index (χ3n) is 4.96. The Morgan fingerprint density at radius 2 is 1.44 bits per heavy atom. The summed E-state index contributed by atoms with van der Waals surface area (Å²) in [4.78, 5) is 10.3. The van der Waals surface area contributed by atoms with Crippen LogP contribution in [0.3, 0.4) is 0 Å². The van der Waals surface area contributed by atoms with E-state index >= 15 is 0 Å². The van der Waals surface area contributed by atoms with Gasteiger partial charge in [0.05, 0.1) is 4.90 Å². The second kappa shape index (κ2) is 8.14. The highest BCUT2D eigenvalue weighted by Crippen LogP contribution is 2.40. The van der Waals surface area contributed by atoms with Crippen molar-refractivity contribution >= 4 is 59.1 Å². The van der Waals surface area contributed by atoms with E-state index in [1.807, 2.05) is 0 Å². The lowest BCUT2D eigenvalue weighted by Gasteiger charge is -2.09. The quantitative estimate of drug-likeness (QED) is 0.227. The summed E-state index contributed by atoms with van der Waals surface area (Å²) in [7, 11) is -9.47. The van der Waals surface area contributed by atoms with Gasteiger partial charge < -0.3 is 10.2 Å². The van der Waals surface area contributed by atoms with Crippen LogP contribution in [0, 0.1) is 0 Å². The van der Waals surface area contributed by atoms with Crippen molar-refractivity contribution in [3.8, 4) is 5.75 Å². The number of carbonyl (C=O) groups is 1. The molecule has 0 fully saturated rings. The largest absolute Gasteiger partial charge is 0.505 e. The number of nitrogens with zero attached hydrogens (tertiary/aromatic N) is 2. The zero-order chi connectivity index (χ0) is 24.8. The monoisotopic (exact) mass is 502 g/mol. The minimum Gasteiger partial charge on any atom is -0.505 e. The number of rotatable bonds is 5. The molecule has 0 bridgehead atoms. The highest BCUT2D eigenvalue weighted by atomic mass is 32.2. The number of aromatic hydroxyl groups is 1. The number of phenols is 1. The molecule has 0 amide bonds. The Hall–Kier alpha value is -3.91. The summed E-state index contributed by atoms with van der Waals surface area (Å²) in [6, 6.07) is 13.1. The fourth-order valence-corrected chi connectivity index (χ4v) is 4.82. The highest BCUT2D eigenvalue weighted by molar-refractivity contribution is 7.86. The van der Waals surface area contributed by atoms with E-state index in [-0.39, 0.29) is 22.1 Å². The molecule has 34 heavy (non-hydrogen) atoms. The zero-order valence-electron chi connectivity index (χ0n) is 16.8. The van der Waals surface area contributed by atoms with E-state index in [0.29, 0.717) is 10.8 Å². The molecule has 0 aromatic heterocycles. The molecule has 0 spiro atoms. The molecular formula is C21H14N2O9S2. The number of carboxylic acids is 1. The second-order valence-electron chi connectivity index (χ2n) is 7.09. The van der Waals surface area contributed by atoms with Crippen LogP contribution in [-0.4, -0.2) is 42.1 Å². The van der Waals surface area contributed by atoms with Crippen molar-refractivity contribution in [3.63, 3.8) is 0 Å². The number of azo groups is 1. The van der Waals surface area contributed by atoms with Crippen molar-refractivity contribution in [1.82, 2.24) is 0 Å². The minimum absolute atomic E-state index is 0.0582. The van der Waals surface area contributed by atoms with Gasteiger partial charge in [-0.2, -0.15) is 16.8 Å². The van der Waals surface area contributed by atoms with E-state index in [9.17, 15) is 40.9 Å². The molecule has 4 rings (SSSR count). The lowest BCUT2D eigenvalue weighted by molar-refractivity contribution is 0.0694. The van der Waals surface area contributed by atoms with Gasteiger partial charge in [0, 0.05) is 10.8 Å². The molecule has 0 saturated heterocycles. The van der Waals surface area contributed by atoms with Crippen LogP contribution in [0.5, 0.6) is 5.75 Å². The van der Waals surface area contributed by atoms with Crippen molar-refractivity contribution in [3.05, 3.63) is 66.2 Å². The van der Waals surface area contributed by atoms with Gasteiger partial charge >= 0.3 is 5.97 Å². The molecule has 0 radical (unpaired) electrons. The number of carboxylic acid groups (broad SMARTS) is 1. The Labute approximate surface area is 192 Å². The predicted octanol–water partition coefficient (Wildman–Crippen LogP) is 4.31. The Morgan fingerprint density at radius 1 is 0.765 bits per heavy atom. The fraction of sp³-hybridized carbons (Fsp3) is 0. The number of hydrogen-bond acceptors (Lipinski definition) is 8. The van der Waals surface area contributed by atoms with Gasteiger partial charge in [-0.3, -0.25) is 9.11 Å². The van der Waals surface area contributed by atoms with Gasteiger partial charge in [0.1, 0.15) is 21.8 Å². The Kier molecular flexibility index (Phi) is 5.57. The highest BCUT2D eigenvalue weighted by Gasteiger charge is 2.22. The van der Waals surface area contributed by atoms with Crippen LogP contribution in [0.15, 0.2) is 80.7 Å². The van der Waals surface area contributed by atoms with Gasteiger partial charge in [-0.05, 0) is 35.0 Å². The summed E-state index contributed by atoms with van der Waals surface area (Å²) in [5.74, 6) is -2.11. The van der Waals surface area contributed by atoms with Crippen LogP contribution in [0.2, 0.25) is 0 Å². The van der Waals surface area contributed by atoms with E-state index in [0.717, 1.165) is 24.3 Å². The molecule has 0 heterocycles. The maximum Gasteiger partial charge on any atom is 0.339 e. The lowest BCUT2D eigenvalue weighted by Crippen LogP contribution is -2.01. The first kappa shape index (κ1) is 23.3. The fourth-order valence-electron chi connectivity index (χ4n) is 3.46. The SMILES string of the molecule is O=C(O)c1cc2ccccc2c(N=Nc2ccc3cc(S(=O)(=O)O)ccc3c2S(=O)(=O)O)c1O. The Bertz CT molecular complexity index is 1750. The Balaban J connectivity index is 1.97. The zero-order valence-corrected chi connectivity index (χ0v) is 18.4. The standard InChI is InChI=1S/C21H14N2O9S2/c24-19-16(21(25)26)10-11-3-1-2-4-14(11)18(19)23-22-17-8-5-12-9-13(33(27,28)29)6-7-15(12)20(17)34(30,31)32/h1-10,24H,(H,25,26)(H,27,28,29)(H,30,31,32). The van der Waals surface area contributed by atoms with Gasteiger partial charge in [-0.25, -0.2) is 4.79 Å². The summed E-state index contributed by atoms with van der Waals surface area (Å²) in [5.41, 5.74) is -1.05.